The lowest BCUT2D eigenvalue weighted by molar-refractivity contribution is 0.201. The van der Waals surface area contributed by atoms with Crippen molar-refractivity contribution in [2.24, 2.45) is 0 Å². The van der Waals surface area contributed by atoms with Gasteiger partial charge in [-0.15, -0.1) is 0 Å². The number of ether oxygens (including phenoxy) is 1. The number of nitrogen functional groups attached to an aromatic ring is 1. The third kappa shape index (κ3) is 7.30. The topological polar surface area (TPSA) is 74.2 Å². The first kappa shape index (κ1) is 23.7. The fourth-order valence-electron chi connectivity index (χ4n) is 2.84. The summed E-state index contributed by atoms with van der Waals surface area (Å²) in [4.78, 5) is 4.27. The van der Waals surface area contributed by atoms with Gasteiger partial charge in [0.2, 0.25) is 0 Å². The quantitative estimate of drug-likeness (QED) is 0.339. The average Bonchev–Trinajstić information content (AvgIpc) is 3.23. The molecule has 0 saturated carbocycles. The molecule has 0 bridgehead atoms. The van der Waals surface area contributed by atoms with E-state index in [4.69, 9.17) is 15.0 Å². The van der Waals surface area contributed by atoms with Gasteiger partial charge in [-0.1, -0.05) is 68.1 Å². The molecule has 0 radical (unpaired) electrons. The molecule has 0 aliphatic heterocycles. The molecule has 1 aromatic carbocycles. The van der Waals surface area contributed by atoms with Crippen LogP contribution in [0.15, 0.2) is 83.6 Å². The summed E-state index contributed by atoms with van der Waals surface area (Å²) in [6, 6.07) is 13.9. The number of nitrogens with zero attached hydrogens (tertiary/aromatic N) is 2. The van der Waals surface area contributed by atoms with Gasteiger partial charge in [-0.2, -0.15) is 0 Å². The van der Waals surface area contributed by atoms with Crippen molar-refractivity contribution in [2.45, 2.75) is 40.7 Å². The van der Waals surface area contributed by atoms with Gasteiger partial charge in [0.15, 0.2) is 5.76 Å². The van der Waals surface area contributed by atoms with E-state index in [1.165, 1.54) is 0 Å². The van der Waals surface area contributed by atoms with Gasteiger partial charge < -0.3 is 15.0 Å². The van der Waals surface area contributed by atoms with Crippen LogP contribution in [0.3, 0.4) is 0 Å². The van der Waals surface area contributed by atoms with E-state index in [1.54, 1.807) is 12.1 Å². The summed E-state index contributed by atoms with van der Waals surface area (Å²) in [6.07, 6.45) is 8.10. The first-order valence-corrected chi connectivity index (χ1v) is 10.4. The molecule has 2 heterocycles. The number of pyridine rings is 1. The molecule has 5 nitrogen and oxygen atoms in total. The maximum Gasteiger partial charge on any atom is 0.168 e. The number of allylic oxidation sites excluding steroid dienone is 5. The Morgan fingerprint density at radius 1 is 1.10 bits per heavy atom. The van der Waals surface area contributed by atoms with Crippen LogP contribution >= 0.6 is 0 Å². The molecular weight excluding hydrogens is 386 g/mol. The van der Waals surface area contributed by atoms with Crippen LogP contribution in [0.1, 0.15) is 43.3 Å². The van der Waals surface area contributed by atoms with Crippen molar-refractivity contribution in [3.05, 3.63) is 102 Å². The van der Waals surface area contributed by atoms with Gasteiger partial charge in [-0.3, -0.25) is 0 Å². The molecule has 0 spiro atoms. The number of hydrogen-bond acceptors (Lipinski definition) is 5. The molecule has 0 aliphatic rings. The van der Waals surface area contributed by atoms with Crippen molar-refractivity contribution in [1.82, 2.24) is 10.1 Å². The molecule has 5 heteroatoms. The fraction of sp³-hybridized carbons (Fsp3) is 0.231. The van der Waals surface area contributed by atoms with Crippen LogP contribution in [0.5, 0.6) is 0 Å². The Hall–Kier alpha value is -3.60. The molecule has 3 aromatic rings. The zero-order valence-corrected chi connectivity index (χ0v) is 18.8. The van der Waals surface area contributed by atoms with Gasteiger partial charge in [-0.25, -0.2) is 4.98 Å². The highest BCUT2D eigenvalue weighted by molar-refractivity contribution is 5.61. The second kappa shape index (κ2) is 12.2. The largest absolute Gasteiger partial charge is 0.494 e. The van der Waals surface area contributed by atoms with Crippen LogP contribution in [0.25, 0.3) is 11.3 Å². The fourth-order valence-corrected chi connectivity index (χ4v) is 2.84. The third-order valence-corrected chi connectivity index (χ3v) is 4.38. The number of benzene rings is 1. The second-order valence-electron chi connectivity index (χ2n) is 6.73. The highest BCUT2D eigenvalue weighted by atomic mass is 16.5. The van der Waals surface area contributed by atoms with E-state index < -0.39 is 0 Å². The first-order chi connectivity index (χ1) is 15.0. The van der Waals surface area contributed by atoms with Crippen LogP contribution in [0.2, 0.25) is 0 Å². The summed E-state index contributed by atoms with van der Waals surface area (Å²) in [5.74, 6) is 2.05. The van der Waals surface area contributed by atoms with E-state index in [1.807, 2.05) is 58.1 Å². The summed E-state index contributed by atoms with van der Waals surface area (Å²) >= 11 is 0. The Kier molecular flexibility index (Phi) is 9.30. The smallest absolute Gasteiger partial charge is 0.168 e. The highest BCUT2D eigenvalue weighted by Gasteiger charge is 2.11. The van der Waals surface area contributed by atoms with Crippen molar-refractivity contribution < 1.29 is 9.26 Å². The molecule has 0 atom stereocenters. The molecular formula is C26H31N3O2. The zero-order chi connectivity index (χ0) is 22.6. The summed E-state index contributed by atoms with van der Waals surface area (Å²) < 4.78 is 11.2. The Morgan fingerprint density at radius 3 is 2.48 bits per heavy atom. The van der Waals surface area contributed by atoms with Crippen molar-refractivity contribution >= 4 is 5.82 Å². The number of anilines is 1. The minimum Gasteiger partial charge on any atom is -0.494 e. The van der Waals surface area contributed by atoms with Crippen molar-refractivity contribution in [3.63, 3.8) is 0 Å². The molecule has 0 amide bonds. The lowest BCUT2D eigenvalue weighted by Crippen LogP contribution is -1.93. The normalized spacial score (nSPS) is 11.2. The third-order valence-electron chi connectivity index (χ3n) is 4.38. The van der Waals surface area contributed by atoms with Crippen LogP contribution < -0.4 is 5.73 Å². The van der Waals surface area contributed by atoms with Crippen LogP contribution in [0, 0.1) is 6.92 Å². The zero-order valence-electron chi connectivity index (χ0n) is 18.8. The number of rotatable bonds is 8. The number of hydrogen-bond donors (Lipinski definition) is 1. The van der Waals surface area contributed by atoms with E-state index in [0.29, 0.717) is 24.6 Å². The van der Waals surface area contributed by atoms with Gasteiger partial charge in [0.05, 0.1) is 17.1 Å². The van der Waals surface area contributed by atoms with E-state index in [9.17, 15) is 0 Å². The highest BCUT2D eigenvalue weighted by Crippen LogP contribution is 2.24. The van der Waals surface area contributed by atoms with Crippen LogP contribution in [0.4, 0.5) is 5.82 Å². The monoisotopic (exact) mass is 417 g/mol. The molecule has 2 aromatic heterocycles. The van der Waals surface area contributed by atoms with Crippen LogP contribution in [-0.4, -0.2) is 10.1 Å². The molecule has 162 valence electrons. The molecule has 0 unspecified atom stereocenters. The lowest BCUT2D eigenvalue weighted by atomic mass is 10.1. The lowest BCUT2D eigenvalue weighted by Gasteiger charge is -2.06. The SMILES string of the molecule is C=C/C=C\C=C(/C)OCc1ccc(Cc2cc(-c3ccc(N)nc3C)on2)cc1.CC. The molecule has 2 N–H and O–H groups in total. The van der Waals surface area contributed by atoms with E-state index in [0.717, 1.165) is 33.8 Å². The Labute approximate surface area is 185 Å². The summed E-state index contributed by atoms with van der Waals surface area (Å²) in [7, 11) is 0. The number of aromatic nitrogens is 2. The van der Waals surface area contributed by atoms with E-state index >= 15 is 0 Å². The Balaban J connectivity index is 0.00000166. The number of nitrogens with two attached hydrogens (primary N) is 1. The van der Waals surface area contributed by atoms with Gasteiger partial charge in [-0.05, 0) is 43.2 Å². The standard InChI is InChI=1S/C24H25N3O2.C2H6/c1-4-5-6-7-17(2)28-16-20-10-8-19(9-11-20)14-21-15-23(29-27-21)22-12-13-24(25)26-18(22)3;1-2/h4-13,15H,1,14,16H2,2-3H3,(H2,25,26);1-2H3/b6-5-,17-7+;. The molecule has 0 aliphatic carbocycles. The molecule has 0 saturated heterocycles. The molecule has 0 fully saturated rings. The average molecular weight is 418 g/mol. The molecule has 31 heavy (non-hydrogen) atoms. The second-order valence-corrected chi connectivity index (χ2v) is 6.73. The summed E-state index contributed by atoms with van der Waals surface area (Å²) in [6.45, 7) is 12.0. The molecule has 3 rings (SSSR count). The van der Waals surface area contributed by atoms with E-state index in [2.05, 4.69) is 41.0 Å². The van der Waals surface area contributed by atoms with E-state index in [-0.39, 0.29) is 0 Å². The predicted molar refractivity (Wildman–Crippen MR) is 127 cm³/mol. The van der Waals surface area contributed by atoms with Crippen molar-refractivity contribution in [2.75, 3.05) is 5.73 Å². The minimum absolute atomic E-state index is 0.494. The van der Waals surface area contributed by atoms with Gasteiger partial charge in [0, 0.05) is 18.1 Å². The van der Waals surface area contributed by atoms with Crippen LogP contribution in [-0.2, 0) is 17.8 Å². The maximum atomic E-state index is 5.74. The summed E-state index contributed by atoms with van der Waals surface area (Å²) in [5, 5.41) is 4.19. The number of aryl methyl sites for hydroxylation is 1. The van der Waals surface area contributed by atoms with Gasteiger partial charge >= 0.3 is 0 Å². The van der Waals surface area contributed by atoms with Gasteiger partial charge in [0.25, 0.3) is 0 Å². The summed E-state index contributed by atoms with van der Waals surface area (Å²) in [5.41, 5.74) is 10.6. The van der Waals surface area contributed by atoms with Gasteiger partial charge in [0.1, 0.15) is 12.4 Å². The van der Waals surface area contributed by atoms with Crippen molar-refractivity contribution in [3.8, 4) is 11.3 Å². The predicted octanol–water partition coefficient (Wildman–Crippen LogP) is 6.41. The first-order valence-electron chi connectivity index (χ1n) is 10.4. The Morgan fingerprint density at radius 2 is 1.81 bits per heavy atom. The van der Waals surface area contributed by atoms with Crippen molar-refractivity contribution in [1.29, 1.82) is 0 Å². The Bertz CT molecular complexity index is 1030. The maximum absolute atomic E-state index is 5.74. The minimum atomic E-state index is 0.494.